The van der Waals surface area contributed by atoms with Crippen LogP contribution in [0.4, 0.5) is 16.3 Å². The molecule has 0 bridgehead atoms. The number of halogens is 1. The molecule has 0 saturated heterocycles. The molecule has 0 spiro atoms. The number of carbonyl (C=O) groups excluding carboxylic acids is 2. The largest absolute Gasteiger partial charge is 0.493 e. The maximum Gasteiger partial charge on any atom is 0.346 e. The molecular weight excluding hydrogens is 474 g/mol. The molecule has 0 aliphatic rings. The van der Waals surface area contributed by atoms with Gasteiger partial charge in [-0.2, -0.15) is 5.01 Å². The number of pyridine rings is 2. The van der Waals surface area contributed by atoms with Crippen LogP contribution in [0.15, 0.2) is 67.0 Å². The quantitative estimate of drug-likeness (QED) is 0.268. The highest BCUT2D eigenvalue weighted by Gasteiger charge is 2.17. The Balaban J connectivity index is 1.51. The Hall–Kier alpha value is -4.57. The van der Waals surface area contributed by atoms with Gasteiger partial charge in [0, 0.05) is 29.5 Å². The summed E-state index contributed by atoms with van der Waals surface area (Å²) in [5, 5.41) is 4.78. The third kappa shape index (κ3) is 5.33. The third-order valence-corrected chi connectivity index (χ3v) is 5.09. The van der Waals surface area contributed by atoms with Crippen molar-refractivity contribution in [3.05, 3.63) is 72.0 Å². The molecule has 4 aromatic rings. The molecule has 11 heteroatoms. The number of nitrogens with zero attached hydrogens (tertiary/aromatic N) is 3. The zero-order valence-corrected chi connectivity index (χ0v) is 19.4. The second-order valence-electron chi connectivity index (χ2n) is 7.01. The molecule has 0 radical (unpaired) electrons. The van der Waals surface area contributed by atoms with Crippen LogP contribution in [0.5, 0.6) is 23.0 Å². The van der Waals surface area contributed by atoms with Crippen molar-refractivity contribution in [2.45, 2.75) is 0 Å². The number of ether oxygens (including phenoxy) is 3. The zero-order chi connectivity index (χ0) is 24.8. The lowest BCUT2D eigenvalue weighted by Gasteiger charge is -2.20. The molecule has 0 aliphatic heterocycles. The molecule has 3 amide bonds. The number of rotatable bonds is 8. The lowest BCUT2D eigenvalue weighted by molar-refractivity contribution is -0.109. The number of hydrazine groups is 1. The van der Waals surface area contributed by atoms with Crippen molar-refractivity contribution in [1.29, 1.82) is 0 Å². The number of amides is 3. The van der Waals surface area contributed by atoms with Crippen molar-refractivity contribution in [3.63, 3.8) is 0 Å². The van der Waals surface area contributed by atoms with Crippen molar-refractivity contribution in [1.82, 2.24) is 15.4 Å². The topological polar surface area (TPSA) is 115 Å². The summed E-state index contributed by atoms with van der Waals surface area (Å²) < 4.78 is 16.8. The minimum absolute atomic E-state index is 0.190. The van der Waals surface area contributed by atoms with Crippen LogP contribution in [0.3, 0.4) is 0 Å². The normalized spacial score (nSPS) is 10.4. The van der Waals surface area contributed by atoms with Gasteiger partial charge in [0.1, 0.15) is 11.5 Å². The van der Waals surface area contributed by atoms with Gasteiger partial charge in [-0.15, -0.1) is 0 Å². The SMILES string of the molecule is COc1cc2nccc(Oc3ccc(NC(=O)N(NC=O)c4ccc(Cl)cn4)cc3)c2cc1OC. The molecule has 35 heavy (non-hydrogen) atoms. The van der Waals surface area contributed by atoms with Gasteiger partial charge in [-0.05, 0) is 48.5 Å². The van der Waals surface area contributed by atoms with E-state index in [-0.39, 0.29) is 5.82 Å². The Labute approximate surface area is 205 Å². The van der Waals surface area contributed by atoms with Crippen LogP contribution < -0.4 is 30.0 Å². The average Bonchev–Trinajstić information content (AvgIpc) is 2.88. The minimum atomic E-state index is -0.623. The lowest BCUT2D eigenvalue weighted by atomic mass is 10.2. The molecule has 10 nitrogen and oxygen atoms in total. The van der Waals surface area contributed by atoms with Gasteiger partial charge >= 0.3 is 6.03 Å². The standard InChI is InChI=1S/C24H20ClN5O5/c1-33-21-11-18-19(12-22(21)34-2)26-10-9-20(18)35-17-6-4-16(5-7-17)29-24(32)30(28-14-31)23-8-3-15(25)13-27-23/h3-14H,1-2H3,(H,28,31)(H,29,32). The molecular formula is C24H20ClN5O5. The second-order valence-corrected chi connectivity index (χ2v) is 7.44. The summed E-state index contributed by atoms with van der Waals surface area (Å²) in [4.78, 5) is 32.1. The van der Waals surface area contributed by atoms with Crippen molar-refractivity contribution < 1.29 is 23.8 Å². The summed E-state index contributed by atoms with van der Waals surface area (Å²) in [7, 11) is 3.12. The first-order chi connectivity index (χ1) is 17.0. The fourth-order valence-corrected chi connectivity index (χ4v) is 3.34. The average molecular weight is 494 g/mol. The van der Waals surface area contributed by atoms with Crippen LogP contribution in [0, 0.1) is 0 Å². The zero-order valence-electron chi connectivity index (χ0n) is 18.7. The second kappa shape index (κ2) is 10.6. The summed E-state index contributed by atoms with van der Waals surface area (Å²) in [5.74, 6) is 2.42. The maximum absolute atomic E-state index is 12.7. The van der Waals surface area contributed by atoms with E-state index in [0.29, 0.717) is 45.6 Å². The Bertz CT molecular complexity index is 1350. The predicted molar refractivity (Wildman–Crippen MR) is 131 cm³/mol. The number of carbonyl (C=O) groups is 2. The highest BCUT2D eigenvalue weighted by atomic mass is 35.5. The third-order valence-electron chi connectivity index (χ3n) is 4.87. The van der Waals surface area contributed by atoms with E-state index in [0.717, 1.165) is 10.4 Å². The summed E-state index contributed by atoms with van der Waals surface area (Å²) >= 11 is 5.84. The fourth-order valence-electron chi connectivity index (χ4n) is 3.23. The van der Waals surface area contributed by atoms with Crippen molar-refractivity contribution in [2.75, 3.05) is 24.5 Å². The fraction of sp³-hybridized carbons (Fsp3) is 0.0833. The van der Waals surface area contributed by atoms with Gasteiger partial charge in [-0.1, -0.05) is 11.6 Å². The van der Waals surface area contributed by atoms with Gasteiger partial charge in [0.2, 0.25) is 6.41 Å². The van der Waals surface area contributed by atoms with E-state index >= 15 is 0 Å². The number of anilines is 2. The summed E-state index contributed by atoms with van der Waals surface area (Å²) in [6.07, 6.45) is 3.37. The van der Waals surface area contributed by atoms with E-state index in [2.05, 4.69) is 20.7 Å². The highest BCUT2D eigenvalue weighted by Crippen LogP contribution is 2.37. The first-order valence-corrected chi connectivity index (χ1v) is 10.6. The molecule has 0 unspecified atom stereocenters. The van der Waals surface area contributed by atoms with Gasteiger partial charge in [-0.25, -0.2) is 9.78 Å². The molecule has 2 aromatic carbocycles. The Kier molecular flexibility index (Phi) is 7.12. The number of urea groups is 1. The summed E-state index contributed by atoms with van der Waals surface area (Å²) in [5.41, 5.74) is 3.46. The number of nitrogens with one attached hydrogen (secondary N) is 2. The van der Waals surface area contributed by atoms with E-state index in [1.807, 2.05) is 0 Å². The molecule has 0 saturated carbocycles. The van der Waals surface area contributed by atoms with Crippen molar-refractivity contribution in [3.8, 4) is 23.0 Å². The Morgan fingerprint density at radius 3 is 2.37 bits per heavy atom. The molecule has 2 N–H and O–H groups in total. The van der Waals surface area contributed by atoms with Gasteiger partial charge in [0.25, 0.3) is 0 Å². The lowest BCUT2D eigenvalue weighted by Crippen LogP contribution is -2.45. The minimum Gasteiger partial charge on any atom is -0.493 e. The van der Waals surface area contributed by atoms with Gasteiger partial charge in [-0.3, -0.25) is 15.2 Å². The van der Waals surface area contributed by atoms with E-state index in [9.17, 15) is 9.59 Å². The van der Waals surface area contributed by atoms with Gasteiger partial charge in [0.15, 0.2) is 17.3 Å². The number of fused-ring (bicyclic) bond motifs is 1. The van der Waals surface area contributed by atoms with E-state index in [1.165, 1.54) is 12.3 Å². The number of hydrogen-bond acceptors (Lipinski definition) is 7. The van der Waals surface area contributed by atoms with Crippen molar-refractivity contribution >= 4 is 46.5 Å². The molecule has 4 rings (SSSR count). The Morgan fingerprint density at radius 1 is 0.971 bits per heavy atom. The van der Waals surface area contributed by atoms with Crippen LogP contribution in [0.25, 0.3) is 10.9 Å². The monoisotopic (exact) mass is 493 g/mol. The van der Waals surface area contributed by atoms with E-state index in [1.54, 1.807) is 68.9 Å². The smallest absolute Gasteiger partial charge is 0.346 e. The summed E-state index contributed by atoms with van der Waals surface area (Å²) in [6.45, 7) is 0. The molecule has 0 atom stereocenters. The molecule has 0 aliphatic carbocycles. The van der Waals surface area contributed by atoms with Crippen LogP contribution in [-0.4, -0.2) is 36.6 Å². The number of benzene rings is 2. The van der Waals surface area contributed by atoms with E-state index < -0.39 is 6.03 Å². The number of methoxy groups -OCH3 is 2. The van der Waals surface area contributed by atoms with Crippen LogP contribution >= 0.6 is 11.6 Å². The Morgan fingerprint density at radius 2 is 1.71 bits per heavy atom. The molecule has 0 fully saturated rings. The van der Waals surface area contributed by atoms with Gasteiger partial charge < -0.3 is 19.5 Å². The number of hydrogen-bond donors (Lipinski definition) is 2. The highest BCUT2D eigenvalue weighted by molar-refractivity contribution is 6.30. The number of aromatic nitrogens is 2. The predicted octanol–water partition coefficient (Wildman–Crippen LogP) is 4.79. The van der Waals surface area contributed by atoms with Crippen LogP contribution in [-0.2, 0) is 4.79 Å². The molecule has 2 aromatic heterocycles. The van der Waals surface area contributed by atoms with Crippen LogP contribution in [0.2, 0.25) is 5.02 Å². The van der Waals surface area contributed by atoms with Crippen molar-refractivity contribution in [2.24, 2.45) is 0 Å². The first-order valence-electron chi connectivity index (χ1n) is 10.2. The maximum atomic E-state index is 12.7. The van der Waals surface area contributed by atoms with Gasteiger partial charge in [0.05, 0.1) is 24.8 Å². The molecule has 178 valence electrons. The first kappa shape index (κ1) is 23.6. The van der Waals surface area contributed by atoms with E-state index in [4.69, 9.17) is 25.8 Å². The van der Waals surface area contributed by atoms with Crippen LogP contribution in [0.1, 0.15) is 0 Å². The summed E-state index contributed by atoms with van der Waals surface area (Å²) in [6, 6.07) is 14.5. The molecule has 2 heterocycles.